The first-order chi connectivity index (χ1) is 7.13. The van der Waals surface area contributed by atoms with Crippen LogP contribution in [0.4, 0.5) is 0 Å². The number of hydrogen-bond donors (Lipinski definition) is 0. The van der Waals surface area contributed by atoms with E-state index in [0.29, 0.717) is 18.6 Å². The molecular formula is C13H20O2. The van der Waals surface area contributed by atoms with E-state index in [2.05, 4.69) is 39.0 Å². The minimum absolute atomic E-state index is 0.156. The molecule has 0 N–H and O–H groups in total. The molecule has 2 unspecified atom stereocenters. The van der Waals surface area contributed by atoms with Crippen molar-refractivity contribution in [3.05, 3.63) is 24.0 Å². The van der Waals surface area contributed by atoms with Gasteiger partial charge >= 0.3 is 0 Å². The fraction of sp³-hybridized carbons (Fsp3) is 0.692. The summed E-state index contributed by atoms with van der Waals surface area (Å²) in [6, 6.07) is 0. The van der Waals surface area contributed by atoms with E-state index >= 15 is 0 Å². The van der Waals surface area contributed by atoms with E-state index in [-0.39, 0.29) is 5.41 Å². The van der Waals surface area contributed by atoms with Crippen molar-refractivity contribution in [1.82, 2.24) is 0 Å². The maximum atomic E-state index is 5.87. The third kappa shape index (κ3) is 2.25. The highest BCUT2D eigenvalue weighted by Crippen LogP contribution is 2.41. The van der Waals surface area contributed by atoms with Crippen LogP contribution in [0.25, 0.3) is 0 Å². The molecule has 0 aromatic rings. The first kappa shape index (κ1) is 10.7. The minimum atomic E-state index is 0.156. The van der Waals surface area contributed by atoms with Gasteiger partial charge in [-0.1, -0.05) is 32.9 Å². The van der Waals surface area contributed by atoms with E-state index in [1.807, 2.05) is 0 Å². The fourth-order valence-corrected chi connectivity index (χ4v) is 1.84. The van der Waals surface area contributed by atoms with Crippen LogP contribution in [-0.4, -0.2) is 19.3 Å². The lowest BCUT2D eigenvalue weighted by Gasteiger charge is -2.36. The molecule has 0 spiro atoms. The van der Waals surface area contributed by atoms with Gasteiger partial charge in [0.25, 0.3) is 0 Å². The molecule has 2 aliphatic rings. The average molecular weight is 208 g/mol. The fourth-order valence-electron chi connectivity index (χ4n) is 1.84. The van der Waals surface area contributed by atoms with E-state index < -0.39 is 0 Å². The molecule has 0 amide bonds. The summed E-state index contributed by atoms with van der Waals surface area (Å²) in [6.07, 6.45) is 7.83. The molecule has 0 aromatic carbocycles. The molecule has 0 radical (unpaired) electrons. The molecule has 0 saturated carbocycles. The van der Waals surface area contributed by atoms with Crippen LogP contribution in [-0.2, 0) is 9.47 Å². The van der Waals surface area contributed by atoms with Gasteiger partial charge in [-0.25, -0.2) is 0 Å². The highest BCUT2D eigenvalue weighted by Gasteiger charge is 2.35. The van der Waals surface area contributed by atoms with Gasteiger partial charge in [0.05, 0.1) is 6.61 Å². The highest BCUT2D eigenvalue weighted by atomic mass is 16.6. The second-order valence-electron chi connectivity index (χ2n) is 5.00. The Kier molecular flexibility index (Phi) is 2.87. The van der Waals surface area contributed by atoms with E-state index in [1.54, 1.807) is 0 Å². The summed E-state index contributed by atoms with van der Waals surface area (Å²) >= 11 is 0. The van der Waals surface area contributed by atoms with Crippen LogP contribution in [0, 0.1) is 11.3 Å². The van der Waals surface area contributed by atoms with Gasteiger partial charge in [-0.2, -0.15) is 0 Å². The van der Waals surface area contributed by atoms with Gasteiger partial charge in [0, 0.05) is 5.41 Å². The van der Waals surface area contributed by atoms with Crippen LogP contribution in [0.2, 0.25) is 0 Å². The SMILES string of the molecule is CC(C)C1(C)CC=CC=C1OCC1CO1. The molecular weight excluding hydrogens is 188 g/mol. The Balaban J connectivity index is 2.03. The van der Waals surface area contributed by atoms with Crippen molar-refractivity contribution in [1.29, 1.82) is 0 Å². The number of allylic oxidation sites excluding steroid dienone is 4. The minimum Gasteiger partial charge on any atom is -0.495 e. The van der Waals surface area contributed by atoms with Gasteiger partial charge in [0.1, 0.15) is 18.5 Å². The van der Waals surface area contributed by atoms with Gasteiger partial charge < -0.3 is 9.47 Å². The molecule has 84 valence electrons. The van der Waals surface area contributed by atoms with E-state index in [4.69, 9.17) is 9.47 Å². The van der Waals surface area contributed by atoms with Crippen molar-refractivity contribution in [3.8, 4) is 0 Å². The number of ether oxygens (including phenoxy) is 2. The quantitative estimate of drug-likeness (QED) is 0.663. The third-order valence-corrected chi connectivity index (χ3v) is 3.59. The normalized spacial score (nSPS) is 34.1. The van der Waals surface area contributed by atoms with Crippen LogP contribution in [0.5, 0.6) is 0 Å². The Hall–Kier alpha value is -0.760. The van der Waals surface area contributed by atoms with Crippen molar-refractivity contribution < 1.29 is 9.47 Å². The molecule has 1 heterocycles. The number of hydrogen-bond acceptors (Lipinski definition) is 2. The maximum Gasteiger partial charge on any atom is 0.116 e. The summed E-state index contributed by atoms with van der Waals surface area (Å²) in [6.45, 7) is 8.36. The number of rotatable bonds is 4. The Morgan fingerprint density at radius 2 is 2.33 bits per heavy atom. The molecule has 0 aromatic heterocycles. The predicted octanol–water partition coefficient (Wildman–Crippen LogP) is 2.91. The molecule has 15 heavy (non-hydrogen) atoms. The van der Waals surface area contributed by atoms with Crippen molar-refractivity contribution in [2.45, 2.75) is 33.3 Å². The third-order valence-electron chi connectivity index (χ3n) is 3.59. The summed E-state index contributed by atoms with van der Waals surface area (Å²) in [5.74, 6) is 1.71. The zero-order chi connectivity index (χ0) is 10.9. The van der Waals surface area contributed by atoms with Gasteiger partial charge in [-0.3, -0.25) is 0 Å². The van der Waals surface area contributed by atoms with Crippen LogP contribution in [0.15, 0.2) is 24.0 Å². The van der Waals surface area contributed by atoms with E-state index in [9.17, 15) is 0 Å². The molecule has 1 aliphatic carbocycles. The van der Waals surface area contributed by atoms with Gasteiger partial charge in [-0.05, 0) is 18.4 Å². The topological polar surface area (TPSA) is 21.8 Å². The van der Waals surface area contributed by atoms with Crippen molar-refractivity contribution >= 4 is 0 Å². The molecule has 1 fully saturated rings. The second kappa shape index (κ2) is 4.01. The summed E-state index contributed by atoms with van der Waals surface area (Å²) in [5, 5.41) is 0. The Morgan fingerprint density at radius 1 is 1.60 bits per heavy atom. The summed E-state index contributed by atoms with van der Waals surface area (Å²) in [7, 11) is 0. The standard InChI is InChI=1S/C13H20O2/c1-10(2)13(3)7-5-4-6-12(13)15-9-11-8-14-11/h4-6,10-11H,7-9H2,1-3H3. The van der Waals surface area contributed by atoms with Crippen LogP contribution >= 0.6 is 0 Å². The van der Waals surface area contributed by atoms with Gasteiger partial charge in [0.15, 0.2) is 0 Å². The average Bonchev–Trinajstić information content (AvgIpc) is 3.00. The molecule has 2 rings (SSSR count). The first-order valence-corrected chi connectivity index (χ1v) is 5.74. The highest BCUT2D eigenvalue weighted by molar-refractivity contribution is 5.22. The van der Waals surface area contributed by atoms with E-state index in [0.717, 1.165) is 18.8 Å². The largest absolute Gasteiger partial charge is 0.495 e. The second-order valence-corrected chi connectivity index (χ2v) is 5.00. The lowest BCUT2D eigenvalue weighted by Crippen LogP contribution is -2.29. The van der Waals surface area contributed by atoms with Crippen molar-refractivity contribution in [2.75, 3.05) is 13.2 Å². The molecule has 2 heteroatoms. The Labute approximate surface area is 92.0 Å². The zero-order valence-electron chi connectivity index (χ0n) is 9.82. The summed E-state index contributed by atoms with van der Waals surface area (Å²) < 4.78 is 11.0. The monoisotopic (exact) mass is 208 g/mol. The smallest absolute Gasteiger partial charge is 0.116 e. The molecule has 0 bridgehead atoms. The van der Waals surface area contributed by atoms with Crippen LogP contribution in [0.1, 0.15) is 27.2 Å². The molecule has 2 atom stereocenters. The van der Waals surface area contributed by atoms with Crippen LogP contribution in [0.3, 0.4) is 0 Å². The lowest BCUT2D eigenvalue weighted by molar-refractivity contribution is 0.0925. The zero-order valence-corrected chi connectivity index (χ0v) is 9.82. The van der Waals surface area contributed by atoms with Crippen molar-refractivity contribution in [3.63, 3.8) is 0 Å². The molecule has 1 saturated heterocycles. The Bertz CT molecular complexity index is 287. The number of epoxide rings is 1. The van der Waals surface area contributed by atoms with E-state index in [1.165, 1.54) is 0 Å². The maximum absolute atomic E-state index is 5.87. The van der Waals surface area contributed by atoms with Gasteiger partial charge in [0.2, 0.25) is 0 Å². The molecule has 1 aliphatic heterocycles. The lowest BCUT2D eigenvalue weighted by atomic mass is 9.73. The Morgan fingerprint density at radius 3 is 2.93 bits per heavy atom. The summed E-state index contributed by atoms with van der Waals surface area (Å²) in [4.78, 5) is 0. The van der Waals surface area contributed by atoms with Crippen molar-refractivity contribution in [2.24, 2.45) is 11.3 Å². The van der Waals surface area contributed by atoms with Gasteiger partial charge in [-0.15, -0.1) is 0 Å². The summed E-state index contributed by atoms with van der Waals surface area (Å²) in [5.41, 5.74) is 0.156. The first-order valence-electron chi connectivity index (χ1n) is 5.74. The molecule has 2 nitrogen and oxygen atoms in total. The van der Waals surface area contributed by atoms with Crippen LogP contribution < -0.4 is 0 Å². The predicted molar refractivity (Wildman–Crippen MR) is 60.5 cm³/mol.